The van der Waals surface area contributed by atoms with E-state index in [1.54, 1.807) is 12.1 Å². The number of carbonyl (C=O) groups excluding carboxylic acids is 1. The van der Waals surface area contributed by atoms with Gasteiger partial charge in [0, 0.05) is 36.3 Å². The number of rotatable bonds is 5. The average molecular weight is 445 g/mol. The van der Waals surface area contributed by atoms with E-state index in [2.05, 4.69) is 10.3 Å². The molecule has 3 aromatic carbocycles. The number of hydrogen-bond donors (Lipinski definition) is 1. The second-order valence-electron chi connectivity index (χ2n) is 8.19. The summed E-state index contributed by atoms with van der Waals surface area (Å²) >= 11 is 0. The number of nitrogens with zero attached hydrogens (tertiary/aromatic N) is 2. The third-order valence-corrected chi connectivity index (χ3v) is 5.86. The molecule has 1 aromatic heterocycles. The highest BCUT2D eigenvalue weighted by Gasteiger charge is 2.33. The molecule has 0 bridgehead atoms. The summed E-state index contributed by atoms with van der Waals surface area (Å²) in [5.74, 6) is 0.750. The molecule has 168 valence electrons. The summed E-state index contributed by atoms with van der Waals surface area (Å²) in [7, 11) is 0. The second-order valence-corrected chi connectivity index (χ2v) is 8.19. The monoisotopic (exact) mass is 445 g/mol. The van der Waals surface area contributed by atoms with Crippen molar-refractivity contribution in [1.29, 1.82) is 0 Å². The number of anilines is 1. The Kier molecular flexibility index (Phi) is 5.24. The van der Waals surface area contributed by atoms with Gasteiger partial charge in [-0.3, -0.25) is 9.36 Å². The maximum Gasteiger partial charge on any atom is 0.303 e. The average Bonchev–Trinajstić information content (AvgIpc) is 3.28. The smallest absolute Gasteiger partial charge is 0.303 e. The van der Waals surface area contributed by atoms with Gasteiger partial charge in [0.25, 0.3) is 0 Å². The molecule has 0 aliphatic carbocycles. The topological polar surface area (TPSA) is 65.4 Å². The largest absolute Gasteiger partial charge is 0.486 e. The van der Waals surface area contributed by atoms with Gasteiger partial charge in [0.15, 0.2) is 11.9 Å². The molecule has 0 fully saturated rings. The maximum absolute atomic E-state index is 15.5. The van der Waals surface area contributed by atoms with E-state index in [9.17, 15) is 4.79 Å². The van der Waals surface area contributed by atoms with Crippen LogP contribution in [0.2, 0.25) is 0 Å². The molecule has 1 aliphatic heterocycles. The van der Waals surface area contributed by atoms with Crippen molar-refractivity contribution in [2.24, 2.45) is 0 Å². The normalized spacial score (nSPS) is 17.0. The number of aromatic nitrogens is 2. The molecule has 2 atom stereocenters. The van der Waals surface area contributed by atoms with Crippen LogP contribution in [-0.4, -0.2) is 21.6 Å². The van der Waals surface area contributed by atoms with Gasteiger partial charge < -0.3 is 14.8 Å². The van der Waals surface area contributed by atoms with Crippen LogP contribution in [0.4, 0.5) is 10.1 Å². The molecule has 1 unspecified atom stereocenters. The Hall–Kier alpha value is -3.87. The molecule has 1 N–H and O–H groups in total. The number of para-hydroxylation sites is 2. The number of nitrogens with one attached hydrogen (secondary N) is 1. The maximum atomic E-state index is 15.5. The molecule has 5 rings (SSSR count). The molecule has 0 amide bonds. The molecule has 0 saturated heterocycles. The molecule has 0 radical (unpaired) electrons. The minimum atomic E-state index is -0.422. The Bertz CT molecular complexity index is 1360. The molecular weight excluding hydrogens is 421 g/mol. The Labute approximate surface area is 191 Å². The highest BCUT2D eigenvalue weighted by atomic mass is 19.1. The van der Waals surface area contributed by atoms with Crippen molar-refractivity contribution in [3.63, 3.8) is 0 Å². The predicted octanol–water partition coefficient (Wildman–Crippen LogP) is 5.47. The van der Waals surface area contributed by atoms with Crippen LogP contribution in [0, 0.1) is 12.7 Å². The highest BCUT2D eigenvalue weighted by Crippen LogP contribution is 2.40. The second kappa shape index (κ2) is 8.24. The first-order chi connectivity index (χ1) is 15.9. The molecule has 7 heteroatoms. The molecule has 6 nitrogen and oxygen atoms in total. The number of carbonyl (C=O) groups is 1. The zero-order valence-electron chi connectivity index (χ0n) is 18.6. The van der Waals surface area contributed by atoms with Crippen LogP contribution in [0.3, 0.4) is 0 Å². The van der Waals surface area contributed by atoms with Crippen LogP contribution in [-0.2, 0) is 16.1 Å². The van der Waals surface area contributed by atoms with E-state index in [1.807, 2.05) is 66.9 Å². The summed E-state index contributed by atoms with van der Waals surface area (Å²) < 4.78 is 28.6. The minimum absolute atomic E-state index is 0.262. The van der Waals surface area contributed by atoms with Gasteiger partial charge in [-0.15, -0.1) is 0 Å². The Morgan fingerprint density at radius 2 is 2.00 bits per heavy atom. The van der Waals surface area contributed by atoms with E-state index in [-0.39, 0.29) is 17.9 Å². The fraction of sp³-hybridized carbons (Fsp3) is 0.231. The number of fused-ring (bicyclic) bond motifs is 2. The van der Waals surface area contributed by atoms with Crippen molar-refractivity contribution >= 4 is 22.7 Å². The molecule has 0 saturated carbocycles. The molecule has 1 aliphatic rings. The van der Waals surface area contributed by atoms with Crippen LogP contribution in [0.15, 0.2) is 60.7 Å². The van der Waals surface area contributed by atoms with Crippen molar-refractivity contribution in [3.05, 3.63) is 83.4 Å². The quantitative estimate of drug-likeness (QED) is 0.413. The molecule has 4 aromatic rings. The first kappa shape index (κ1) is 21.0. The number of halogens is 1. The van der Waals surface area contributed by atoms with E-state index in [0.717, 1.165) is 28.1 Å². The van der Waals surface area contributed by atoms with Gasteiger partial charge in [0.1, 0.15) is 17.7 Å². The summed E-state index contributed by atoms with van der Waals surface area (Å²) in [4.78, 5) is 15.9. The molecule has 2 heterocycles. The lowest BCUT2D eigenvalue weighted by Crippen LogP contribution is -2.18. The summed E-state index contributed by atoms with van der Waals surface area (Å²) in [5.41, 5.74) is 4.33. The number of hydrogen-bond acceptors (Lipinski definition) is 5. The van der Waals surface area contributed by atoms with Gasteiger partial charge >= 0.3 is 5.97 Å². The van der Waals surface area contributed by atoms with E-state index < -0.39 is 6.10 Å². The predicted molar refractivity (Wildman–Crippen MR) is 124 cm³/mol. The Balaban J connectivity index is 1.39. The minimum Gasteiger partial charge on any atom is -0.486 e. The van der Waals surface area contributed by atoms with Gasteiger partial charge in [0.05, 0.1) is 16.7 Å². The number of esters is 1. The fourth-order valence-corrected chi connectivity index (χ4v) is 4.36. The zero-order chi connectivity index (χ0) is 23.1. The van der Waals surface area contributed by atoms with Crippen LogP contribution >= 0.6 is 0 Å². The van der Waals surface area contributed by atoms with Crippen molar-refractivity contribution in [2.45, 2.75) is 39.5 Å². The van der Waals surface area contributed by atoms with Crippen LogP contribution < -0.4 is 10.1 Å². The Morgan fingerprint density at radius 1 is 1.18 bits per heavy atom. The number of benzene rings is 3. The SMILES string of the molecule is CC(=O)O[C@H]1c2ccc(NCc3cccc(-n4c(C)nc5ccccc54)c3F)cc2OC1C. The van der Waals surface area contributed by atoms with E-state index >= 15 is 4.39 Å². The zero-order valence-corrected chi connectivity index (χ0v) is 18.6. The van der Waals surface area contributed by atoms with Crippen molar-refractivity contribution < 1.29 is 18.7 Å². The van der Waals surface area contributed by atoms with Gasteiger partial charge in [-0.05, 0) is 44.2 Å². The molecule has 0 spiro atoms. The standard InChI is InChI=1S/C26H24FN3O3/c1-15-26(33-17(3)31)20-12-11-19(13-24(20)32-15)28-14-18-7-6-10-23(25(18)27)30-16(2)29-21-8-4-5-9-22(21)30/h4-13,15,26,28H,14H2,1-3H3/t15?,26-/m1/s1. The van der Waals surface area contributed by atoms with Crippen LogP contribution in [0.1, 0.15) is 36.9 Å². The van der Waals surface area contributed by atoms with Crippen LogP contribution in [0.5, 0.6) is 5.75 Å². The summed E-state index contributed by atoms with van der Waals surface area (Å²) in [6, 6.07) is 18.7. The van der Waals surface area contributed by atoms with Crippen LogP contribution in [0.25, 0.3) is 16.7 Å². The fourth-order valence-electron chi connectivity index (χ4n) is 4.36. The Morgan fingerprint density at radius 3 is 2.82 bits per heavy atom. The number of aryl methyl sites for hydroxylation is 1. The van der Waals surface area contributed by atoms with E-state index in [4.69, 9.17) is 9.47 Å². The summed E-state index contributed by atoms with van der Waals surface area (Å²) in [6.07, 6.45) is -0.685. The first-order valence-corrected chi connectivity index (χ1v) is 10.9. The number of ether oxygens (including phenoxy) is 2. The lowest BCUT2D eigenvalue weighted by molar-refractivity contribution is -0.149. The number of imidazole rings is 1. The van der Waals surface area contributed by atoms with Gasteiger partial charge in [0.2, 0.25) is 0 Å². The third kappa shape index (κ3) is 3.80. The summed E-state index contributed by atoms with van der Waals surface area (Å²) in [6.45, 7) is 5.42. The first-order valence-electron chi connectivity index (χ1n) is 10.9. The highest BCUT2D eigenvalue weighted by molar-refractivity contribution is 5.78. The van der Waals surface area contributed by atoms with Gasteiger partial charge in [-0.2, -0.15) is 0 Å². The lowest BCUT2D eigenvalue weighted by Gasteiger charge is -2.14. The van der Waals surface area contributed by atoms with Crippen molar-refractivity contribution in [2.75, 3.05) is 5.32 Å². The summed E-state index contributed by atoms with van der Waals surface area (Å²) in [5, 5.41) is 3.27. The molecule has 33 heavy (non-hydrogen) atoms. The van der Waals surface area contributed by atoms with Gasteiger partial charge in [-0.25, -0.2) is 9.37 Å². The third-order valence-electron chi connectivity index (χ3n) is 5.86. The van der Waals surface area contributed by atoms with Crippen molar-refractivity contribution in [1.82, 2.24) is 9.55 Å². The van der Waals surface area contributed by atoms with E-state index in [1.165, 1.54) is 6.92 Å². The van der Waals surface area contributed by atoms with Crippen molar-refractivity contribution in [3.8, 4) is 11.4 Å². The lowest BCUT2D eigenvalue weighted by atomic mass is 10.1. The van der Waals surface area contributed by atoms with Gasteiger partial charge in [-0.1, -0.05) is 24.3 Å². The molecular formula is C26H24FN3O3. The van der Waals surface area contributed by atoms with E-state index in [0.29, 0.717) is 23.5 Å².